The first-order valence-electron chi connectivity index (χ1n) is 9.11. The standard InChI is InChI=1S/C22H16F3N3OS/c1-12(29)27-19(8-13-6-16(24)9-17(25)7-13)21-18(14-2-4-15(23)5-3-14)10-20-22(28-21)26-11-30-20/h2-7,9-11,19H,8H2,1H3,(H,27,29). The molecule has 1 amide bonds. The predicted octanol–water partition coefficient (Wildman–Crippen LogP) is 5.20. The zero-order valence-electron chi connectivity index (χ0n) is 15.8. The number of hydrogen-bond acceptors (Lipinski definition) is 4. The number of halogens is 3. The third kappa shape index (κ3) is 4.33. The van der Waals surface area contributed by atoms with E-state index in [1.165, 1.54) is 42.5 Å². The van der Waals surface area contributed by atoms with Gasteiger partial charge in [-0.1, -0.05) is 12.1 Å². The van der Waals surface area contributed by atoms with Gasteiger partial charge in [-0.2, -0.15) is 0 Å². The highest BCUT2D eigenvalue weighted by Gasteiger charge is 2.22. The van der Waals surface area contributed by atoms with Gasteiger partial charge >= 0.3 is 0 Å². The van der Waals surface area contributed by atoms with Crippen LogP contribution in [0.4, 0.5) is 13.2 Å². The molecular formula is C22H16F3N3OS. The molecule has 0 aliphatic heterocycles. The van der Waals surface area contributed by atoms with Crippen LogP contribution >= 0.6 is 11.3 Å². The highest BCUT2D eigenvalue weighted by atomic mass is 32.1. The molecule has 0 spiro atoms. The van der Waals surface area contributed by atoms with Crippen LogP contribution in [0.5, 0.6) is 0 Å². The van der Waals surface area contributed by atoms with Gasteiger partial charge in [0, 0.05) is 18.6 Å². The molecular weight excluding hydrogens is 411 g/mol. The summed E-state index contributed by atoms with van der Waals surface area (Å²) in [6.45, 7) is 1.36. The normalized spacial score (nSPS) is 12.1. The molecule has 0 radical (unpaired) electrons. The first-order chi connectivity index (χ1) is 14.4. The third-order valence-electron chi connectivity index (χ3n) is 4.58. The molecule has 2 heterocycles. The van der Waals surface area contributed by atoms with Crippen molar-refractivity contribution in [1.82, 2.24) is 15.3 Å². The third-order valence-corrected chi connectivity index (χ3v) is 5.34. The van der Waals surface area contributed by atoms with Crippen LogP contribution in [0.15, 0.2) is 54.0 Å². The molecule has 1 N–H and O–H groups in total. The Morgan fingerprint density at radius 1 is 1.03 bits per heavy atom. The Morgan fingerprint density at radius 3 is 2.40 bits per heavy atom. The van der Waals surface area contributed by atoms with Gasteiger partial charge in [0.25, 0.3) is 0 Å². The summed E-state index contributed by atoms with van der Waals surface area (Å²) in [6.07, 6.45) is 0.116. The molecule has 8 heteroatoms. The quantitative estimate of drug-likeness (QED) is 0.477. The number of fused-ring (bicyclic) bond motifs is 1. The lowest BCUT2D eigenvalue weighted by Crippen LogP contribution is -2.29. The minimum atomic E-state index is -0.701. The van der Waals surface area contributed by atoms with Crippen LogP contribution in [-0.2, 0) is 11.2 Å². The lowest BCUT2D eigenvalue weighted by atomic mass is 9.95. The van der Waals surface area contributed by atoms with Crippen molar-refractivity contribution in [2.45, 2.75) is 19.4 Å². The van der Waals surface area contributed by atoms with Gasteiger partial charge in [0.15, 0.2) is 5.65 Å². The van der Waals surface area contributed by atoms with Crippen molar-refractivity contribution in [2.75, 3.05) is 0 Å². The van der Waals surface area contributed by atoms with E-state index in [9.17, 15) is 18.0 Å². The number of hydrogen-bond donors (Lipinski definition) is 1. The number of nitrogens with zero attached hydrogens (tertiary/aromatic N) is 2. The average molecular weight is 427 g/mol. The molecule has 0 bridgehead atoms. The number of rotatable bonds is 5. The SMILES string of the molecule is CC(=O)NC(Cc1cc(F)cc(F)c1)c1nc2ncsc2cc1-c1ccc(F)cc1. The van der Waals surface area contributed by atoms with Gasteiger partial charge in [0.2, 0.25) is 5.91 Å². The minimum Gasteiger partial charge on any atom is -0.348 e. The molecule has 2 aromatic carbocycles. The van der Waals surface area contributed by atoms with E-state index < -0.39 is 17.7 Å². The molecule has 2 aromatic heterocycles. The maximum atomic E-state index is 13.7. The summed E-state index contributed by atoms with van der Waals surface area (Å²) in [5, 5.41) is 2.82. The van der Waals surface area contributed by atoms with Gasteiger partial charge in [-0.3, -0.25) is 4.79 Å². The molecule has 0 aliphatic carbocycles. The highest BCUT2D eigenvalue weighted by Crippen LogP contribution is 2.33. The molecule has 4 rings (SSSR count). The van der Waals surface area contributed by atoms with E-state index >= 15 is 0 Å². The molecule has 4 aromatic rings. The fourth-order valence-corrected chi connectivity index (χ4v) is 4.02. The minimum absolute atomic E-state index is 0.116. The Bertz CT molecular complexity index is 1200. The summed E-state index contributed by atoms with van der Waals surface area (Å²) in [5.74, 6) is -2.09. The molecule has 0 saturated heterocycles. The lowest BCUT2D eigenvalue weighted by Gasteiger charge is -2.21. The average Bonchev–Trinajstić information content (AvgIpc) is 3.13. The van der Waals surface area contributed by atoms with Crippen LogP contribution in [0.25, 0.3) is 21.5 Å². The van der Waals surface area contributed by atoms with Crippen LogP contribution in [-0.4, -0.2) is 15.9 Å². The molecule has 0 aliphatic rings. The molecule has 4 nitrogen and oxygen atoms in total. The summed E-state index contributed by atoms with van der Waals surface area (Å²) >= 11 is 1.41. The lowest BCUT2D eigenvalue weighted by molar-refractivity contribution is -0.119. The van der Waals surface area contributed by atoms with Crippen LogP contribution in [0.1, 0.15) is 24.2 Å². The van der Waals surface area contributed by atoms with Gasteiger partial charge in [0.1, 0.15) is 17.5 Å². The summed E-state index contributed by atoms with van der Waals surface area (Å²) in [6, 6.07) is 10.4. The van der Waals surface area contributed by atoms with Gasteiger partial charge < -0.3 is 5.32 Å². The van der Waals surface area contributed by atoms with E-state index in [0.29, 0.717) is 28.0 Å². The summed E-state index contributed by atoms with van der Waals surface area (Å²) in [7, 11) is 0. The maximum absolute atomic E-state index is 13.7. The van der Waals surface area contributed by atoms with E-state index in [2.05, 4.69) is 15.3 Å². The van der Waals surface area contributed by atoms with Gasteiger partial charge in [0.05, 0.1) is 21.9 Å². The van der Waals surface area contributed by atoms with E-state index in [1.54, 1.807) is 17.6 Å². The van der Waals surface area contributed by atoms with Crippen LogP contribution < -0.4 is 5.32 Å². The monoisotopic (exact) mass is 427 g/mol. The van der Waals surface area contributed by atoms with Crippen molar-refractivity contribution in [2.24, 2.45) is 0 Å². The van der Waals surface area contributed by atoms with Crippen LogP contribution in [0, 0.1) is 17.5 Å². The number of aromatic nitrogens is 2. The Hall–Kier alpha value is -3.26. The molecule has 152 valence electrons. The number of benzene rings is 2. The molecule has 1 atom stereocenters. The number of pyridine rings is 1. The van der Waals surface area contributed by atoms with E-state index in [1.807, 2.05) is 6.07 Å². The second kappa shape index (κ2) is 8.23. The topological polar surface area (TPSA) is 54.9 Å². The Kier molecular flexibility index (Phi) is 5.50. The summed E-state index contributed by atoms with van der Waals surface area (Å²) in [5.41, 5.74) is 4.40. The maximum Gasteiger partial charge on any atom is 0.217 e. The number of thiazole rings is 1. The van der Waals surface area contributed by atoms with Crippen molar-refractivity contribution < 1.29 is 18.0 Å². The molecule has 0 saturated carbocycles. The van der Waals surface area contributed by atoms with E-state index in [4.69, 9.17) is 0 Å². The fraction of sp³-hybridized carbons (Fsp3) is 0.136. The predicted molar refractivity (Wildman–Crippen MR) is 109 cm³/mol. The number of amides is 1. The Balaban J connectivity index is 1.86. The number of carbonyl (C=O) groups excluding carboxylic acids is 1. The van der Waals surface area contributed by atoms with Gasteiger partial charge in [-0.25, -0.2) is 23.1 Å². The zero-order chi connectivity index (χ0) is 21.3. The van der Waals surface area contributed by atoms with E-state index in [0.717, 1.165) is 10.8 Å². The van der Waals surface area contributed by atoms with Crippen molar-refractivity contribution in [3.63, 3.8) is 0 Å². The number of carbonyl (C=O) groups is 1. The first kappa shape index (κ1) is 20.0. The fourth-order valence-electron chi connectivity index (χ4n) is 3.36. The van der Waals surface area contributed by atoms with Crippen molar-refractivity contribution >= 4 is 27.6 Å². The van der Waals surface area contributed by atoms with Crippen LogP contribution in [0.2, 0.25) is 0 Å². The Morgan fingerprint density at radius 2 is 1.73 bits per heavy atom. The smallest absolute Gasteiger partial charge is 0.217 e. The second-order valence-corrected chi connectivity index (χ2v) is 7.72. The molecule has 0 fully saturated rings. The molecule has 1 unspecified atom stereocenters. The Labute approximate surface area is 174 Å². The van der Waals surface area contributed by atoms with E-state index in [-0.39, 0.29) is 18.1 Å². The second-order valence-electron chi connectivity index (χ2n) is 6.84. The van der Waals surface area contributed by atoms with Crippen molar-refractivity contribution in [1.29, 1.82) is 0 Å². The molecule has 30 heavy (non-hydrogen) atoms. The largest absolute Gasteiger partial charge is 0.348 e. The van der Waals surface area contributed by atoms with Gasteiger partial charge in [-0.15, -0.1) is 11.3 Å². The van der Waals surface area contributed by atoms with Gasteiger partial charge in [-0.05, 0) is 47.9 Å². The zero-order valence-corrected chi connectivity index (χ0v) is 16.6. The van der Waals surface area contributed by atoms with Crippen molar-refractivity contribution in [3.05, 3.63) is 82.8 Å². The summed E-state index contributed by atoms with van der Waals surface area (Å²) < 4.78 is 41.7. The summed E-state index contributed by atoms with van der Waals surface area (Å²) in [4.78, 5) is 20.8. The van der Waals surface area contributed by atoms with Crippen molar-refractivity contribution in [3.8, 4) is 11.1 Å². The first-order valence-corrected chi connectivity index (χ1v) is 9.99. The number of nitrogens with one attached hydrogen (secondary N) is 1. The van der Waals surface area contributed by atoms with Crippen LogP contribution in [0.3, 0.4) is 0 Å². The highest BCUT2D eigenvalue weighted by molar-refractivity contribution is 7.16.